The highest BCUT2D eigenvalue weighted by Crippen LogP contribution is 2.16. The molecule has 1 aromatic rings. The minimum absolute atomic E-state index is 0.0387. The number of rotatable bonds is 9. The lowest BCUT2D eigenvalue weighted by Crippen LogP contribution is -2.51. The summed E-state index contributed by atoms with van der Waals surface area (Å²) in [6.45, 7) is 3.03. The van der Waals surface area contributed by atoms with Crippen molar-refractivity contribution >= 4 is 28.0 Å². The van der Waals surface area contributed by atoms with Crippen molar-refractivity contribution in [3.63, 3.8) is 0 Å². The van der Waals surface area contributed by atoms with Gasteiger partial charge >= 0.3 is 10.3 Å². The number of hydrogen-bond acceptors (Lipinski definition) is 6. The largest absolute Gasteiger partial charge is 0.430 e. The molecule has 0 aromatic heterocycles. The first-order valence-corrected chi connectivity index (χ1v) is 9.59. The van der Waals surface area contributed by atoms with Gasteiger partial charge in [-0.05, 0) is 18.6 Å². The molecule has 3 amide bonds. The van der Waals surface area contributed by atoms with Crippen molar-refractivity contribution in [2.24, 2.45) is 0 Å². The van der Waals surface area contributed by atoms with E-state index in [0.29, 0.717) is 12.8 Å². The molecule has 0 saturated heterocycles. The van der Waals surface area contributed by atoms with Gasteiger partial charge < -0.3 is 9.50 Å². The maximum absolute atomic E-state index is 13.2. The second-order valence-corrected chi connectivity index (χ2v) is 6.92. The predicted molar refractivity (Wildman–Crippen MR) is 93.8 cm³/mol. The second-order valence-electron chi connectivity index (χ2n) is 5.53. The molecule has 0 atom stereocenters. The van der Waals surface area contributed by atoms with Crippen LogP contribution in [0.4, 0.5) is 4.39 Å². The number of carbonyl (C=O) groups is 3. The summed E-state index contributed by atoms with van der Waals surface area (Å²) in [6, 6.07) is 4.33. The number of hydrazine groups is 1. The van der Waals surface area contributed by atoms with Gasteiger partial charge in [0.2, 0.25) is 11.8 Å². The first-order chi connectivity index (χ1) is 12.7. The molecule has 150 valence electrons. The summed E-state index contributed by atoms with van der Waals surface area (Å²) in [5.41, 5.74) is 1.96. The van der Waals surface area contributed by atoms with Gasteiger partial charge in [-0.25, -0.2) is 9.82 Å². The summed E-state index contributed by atoms with van der Waals surface area (Å²) in [5.74, 6) is -3.16. The minimum atomic E-state index is -4.76. The summed E-state index contributed by atoms with van der Waals surface area (Å²) in [7, 11) is -4.76. The topological polar surface area (TPSA) is 122 Å². The molecule has 0 aliphatic rings. The van der Waals surface area contributed by atoms with Crippen LogP contribution in [0.3, 0.4) is 0 Å². The van der Waals surface area contributed by atoms with Crippen LogP contribution in [-0.4, -0.2) is 37.1 Å². The molecule has 11 heteroatoms. The predicted octanol–water partition coefficient (Wildman–Crippen LogP) is 1.03. The monoisotopic (exact) mass is 403 g/mol. The van der Waals surface area contributed by atoms with Crippen LogP contribution in [0.25, 0.3) is 0 Å². The lowest BCUT2D eigenvalue weighted by Gasteiger charge is -2.22. The summed E-state index contributed by atoms with van der Waals surface area (Å²) in [4.78, 5) is 35.0. The Kier molecular flexibility index (Phi) is 8.66. The first-order valence-electron chi connectivity index (χ1n) is 8.22. The normalized spacial score (nSPS) is 10.8. The summed E-state index contributed by atoms with van der Waals surface area (Å²) >= 11 is 0. The van der Waals surface area contributed by atoms with Crippen molar-refractivity contribution in [2.45, 2.75) is 39.5 Å². The number of hydrogen-bond donors (Lipinski definition) is 2. The Labute approximate surface area is 157 Å². The number of carbonyl (C=O) groups excluding carboxylic acids is 3. The third-order valence-corrected chi connectivity index (χ3v) is 4.29. The molecular formula is C16H22FN3O6S. The first kappa shape index (κ1) is 22.4. The van der Waals surface area contributed by atoms with Gasteiger partial charge in [-0.3, -0.25) is 14.4 Å². The van der Waals surface area contributed by atoms with Gasteiger partial charge in [0.05, 0.1) is 0 Å². The fourth-order valence-electron chi connectivity index (χ4n) is 1.87. The molecule has 27 heavy (non-hydrogen) atoms. The van der Waals surface area contributed by atoms with Gasteiger partial charge in [0.1, 0.15) is 11.6 Å². The van der Waals surface area contributed by atoms with Crippen molar-refractivity contribution in [2.75, 3.05) is 6.54 Å². The van der Waals surface area contributed by atoms with E-state index >= 15 is 0 Å². The molecule has 0 fully saturated rings. The molecule has 1 aromatic carbocycles. The summed E-state index contributed by atoms with van der Waals surface area (Å²) in [5, 5.41) is 2.37. The molecule has 0 saturated carbocycles. The van der Waals surface area contributed by atoms with E-state index in [1.54, 1.807) is 6.92 Å². The van der Waals surface area contributed by atoms with Gasteiger partial charge in [-0.1, -0.05) is 19.4 Å². The molecule has 2 N–H and O–H groups in total. The zero-order chi connectivity index (χ0) is 20.4. The van der Waals surface area contributed by atoms with Crippen molar-refractivity contribution in [1.29, 1.82) is 0 Å². The van der Waals surface area contributed by atoms with Crippen molar-refractivity contribution in [3.8, 4) is 5.75 Å². The van der Waals surface area contributed by atoms with Gasteiger partial charge in [0, 0.05) is 32.4 Å². The number of halogens is 1. The van der Waals surface area contributed by atoms with E-state index < -0.39 is 27.9 Å². The third-order valence-electron chi connectivity index (χ3n) is 3.14. The minimum Gasteiger partial charge on any atom is -0.365 e. The van der Waals surface area contributed by atoms with Crippen molar-refractivity contribution in [3.05, 3.63) is 30.1 Å². The highest BCUT2D eigenvalue weighted by Gasteiger charge is 2.31. The maximum atomic E-state index is 13.2. The Morgan fingerprint density at radius 2 is 1.93 bits per heavy atom. The molecule has 1 rings (SSSR count). The molecule has 9 nitrogen and oxygen atoms in total. The molecule has 0 radical (unpaired) electrons. The van der Waals surface area contributed by atoms with E-state index in [0.717, 1.165) is 12.1 Å². The highest BCUT2D eigenvalue weighted by molar-refractivity contribution is 7.85. The molecule has 0 aliphatic heterocycles. The average molecular weight is 403 g/mol. The molecule has 0 unspecified atom stereocenters. The summed E-state index contributed by atoms with van der Waals surface area (Å²) < 4.78 is 42.9. The van der Waals surface area contributed by atoms with E-state index in [4.69, 9.17) is 4.18 Å². The Morgan fingerprint density at radius 1 is 1.22 bits per heavy atom. The lowest BCUT2D eigenvalue weighted by molar-refractivity contribution is -0.136. The van der Waals surface area contributed by atoms with Crippen molar-refractivity contribution < 1.29 is 31.4 Å². The van der Waals surface area contributed by atoms with Crippen LogP contribution >= 0.6 is 0 Å². The van der Waals surface area contributed by atoms with E-state index in [1.165, 1.54) is 19.1 Å². The smallest absolute Gasteiger partial charge is 0.365 e. The SMILES string of the molecule is CCCCC(=O)N(NC(=O)CCNC(C)=O)S(=O)(=O)Oc1cccc(F)c1. The van der Waals surface area contributed by atoms with E-state index in [1.807, 2.05) is 5.43 Å². The maximum Gasteiger partial charge on any atom is 0.430 e. The highest BCUT2D eigenvalue weighted by atomic mass is 32.2. The fourth-order valence-corrected chi connectivity index (χ4v) is 2.85. The number of benzene rings is 1. The van der Waals surface area contributed by atoms with E-state index in [9.17, 15) is 27.2 Å². The van der Waals surface area contributed by atoms with E-state index in [-0.39, 0.29) is 35.5 Å². The molecule has 0 aliphatic carbocycles. The van der Waals surface area contributed by atoms with Crippen LogP contribution in [0.15, 0.2) is 24.3 Å². The summed E-state index contributed by atoms with van der Waals surface area (Å²) in [6.07, 6.45) is 0.619. The van der Waals surface area contributed by atoms with Gasteiger partial charge in [-0.15, -0.1) is 4.41 Å². The average Bonchev–Trinajstić information content (AvgIpc) is 2.56. The number of unbranched alkanes of at least 4 members (excludes halogenated alkanes) is 1. The van der Waals surface area contributed by atoms with Crippen LogP contribution in [-0.2, 0) is 24.7 Å². The standard InChI is InChI=1S/C16H22FN3O6S/c1-3-4-8-16(23)20(19-15(22)9-10-18-12(2)21)27(24,25)26-14-7-5-6-13(17)11-14/h5-7,11H,3-4,8-10H2,1-2H3,(H,18,21)(H,19,22). The van der Waals surface area contributed by atoms with Crippen LogP contribution in [0.1, 0.15) is 39.5 Å². The number of amides is 3. The van der Waals surface area contributed by atoms with Crippen LogP contribution in [0, 0.1) is 5.82 Å². The van der Waals surface area contributed by atoms with Crippen LogP contribution in [0.5, 0.6) is 5.75 Å². The van der Waals surface area contributed by atoms with E-state index in [2.05, 4.69) is 5.32 Å². The fraction of sp³-hybridized carbons (Fsp3) is 0.438. The Balaban J connectivity index is 2.93. The lowest BCUT2D eigenvalue weighted by atomic mass is 10.2. The molecule has 0 spiro atoms. The Morgan fingerprint density at radius 3 is 2.52 bits per heavy atom. The zero-order valence-electron chi connectivity index (χ0n) is 15.0. The van der Waals surface area contributed by atoms with Crippen LogP contribution < -0.4 is 14.9 Å². The zero-order valence-corrected chi connectivity index (χ0v) is 15.8. The molecule has 0 bridgehead atoms. The Hall–Kier alpha value is -2.69. The van der Waals surface area contributed by atoms with Crippen molar-refractivity contribution in [1.82, 2.24) is 15.2 Å². The quantitative estimate of drug-likeness (QED) is 0.594. The van der Waals surface area contributed by atoms with Gasteiger partial charge in [-0.2, -0.15) is 8.42 Å². The number of nitrogens with zero attached hydrogens (tertiary/aromatic N) is 1. The third kappa shape index (κ3) is 8.03. The van der Waals surface area contributed by atoms with Gasteiger partial charge in [0.25, 0.3) is 5.91 Å². The Bertz CT molecular complexity index is 784. The second kappa shape index (κ2) is 10.5. The molecular weight excluding hydrogens is 381 g/mol. The van der Waals surface area contributed by atoms with Crippen LogP contribution in [0.2, 0.25) is 0 Å². The number of nitrogens with one attached hydrogen (secondary N) is 2. The van der Waals surface area contributed by atoms with Gasteiger partial charge in [0.15, 0.2) is 0 Å². The molecule has 0 heterocycles.